The lowest BCUT2D eigenvalue weighted by atomic mass is 9.99. The van der Waals surface area contributed by atoms with Crippen molar-refractivity contribution in [1.82, 2.24) is 5.32 Å². The average molecular weight is 276 g/mol. The van der Waals surface area contributed by atoms with E-state index in [2.05, 4.69) is 5.32 Å². The van der Waals surface area contributed by atoms with E-state index in [9.17, 15) is 5.11 Å². The van der Waals surface area contributed by atoms with Crippen molar-refractivity contribution in [2.75, 3.05) is 0 Å². The molecule has 0 radical (unpaired) electrons. The summed E-state index contributed by atoms with van der Waals surface area (Å²) in [6.07, 6.45) is 0.585. The van der Waals surface area contributed by atoms with Crippen LogP contribution in [0.2, 0.25) is 5.02 Å². The molecule has 0 spiro atoms. The lowest BCUT2D eigenvalue weighted by Gasteiger charge is -2.29. The topological polar surface area (TPSA) is 32.3 Å². The van der Waals surface area contributed by atoms with Crippen LogP contribution in [0, 0.1) is 0 Å². The van der Waals surface area contributed by atoms with Gasteiger partial charge < -0.3 is 5.11 Å². The van der Waals surface area contributed by atoms with E-state index >= 15 is 0 Å². The van der Waals surface area contributed by atoms with E-state index in [1.807, 2.05) is 61.5 Å². The molecule has 0 aliphatic rings. The number of halogens is 1. The van der Waals surface area contributed by atoms with Crippen molar-refractivity contribution < 1.29 is 5.11 Å². The highest BCUT2D eigenvalue weighted by Crippen LogP contribution is 2.23. The molecule has 19 heavy (non-hydrogen) atoms. The molecule has 100 valence electrons. The third-order valence-electron chi connectivity index (χ3n) is 3.29. The highest BCUT2D eigenvalue weighted by molar-refractivity contribution is 6.31. The Morgan fingerprint density at radius 3 is 2.32 bits per heavy atom. The lowest BCUT2D eigenvalue weighted by molar-refractivity contribution is -0.00568. The fourth-order valence-corrected chi connectivity index (χ4v) is 2.23. The summed E-state index contributed by atoms with van der Waals surface area (Å²) in [6, 6.07) is 17.3. The van der Waals surface area contributed by atoms with Crippen molar-refractivity contribution in [1.29, 1.82) is 0 Å². The minimum absolute atomic E-state index is 0.527. The maximum atomic E-state index is 10.7. The third-order valence-corrected chi connectivity index (χ3v) is 3.66. The molecular weight excluding hydrogens is 258 g/mol. The molecule has 3 heteroatoms. The standard InChI is InChI=1S/C16H18ClNO/c1-2-16(19,14-9-4-3-5-10-14)18-12-13-8-6-7-11-15(13)17/h3-11,18-19H,2,12H2,1H3. The highest BCUT2D eigenvalue weighted by atomic mass is 35.5. The van der Waals surface area contributed by atoms with E-state index in [-0.39, 0.29) is 0 Å². The molecule has 2 rings (SSSR count). The molecule has 0 saturated carbocycles. The monoisotopic (exact) mass is 275 g/mol. The quantitative estimate of drug-likeness (QED) is 0.816. The SMILES string of the molecule is CCC(O)(NCc1ccccc1Cl)c1ccccc1. The Morgan fingerprint density at radius 1 is 1.05 bits per heavy atom. The van der Waals surface area contributed by atoms with Crippen LogP contribution >= 0.6 is 11.6 Å². The number of nitrogens with one attached hydrogen (secondary N) is 1. The van der Waals surface area contributed by atoms with E-state index in [4.69, 9.17) is 11.6 Å². The van der Waals surface area contributed by atoms with E-state index in [1.54, 1.807) is 0 Å². The van der Waals surface area contributed by atoms with E-state index in [0.29, 0.717) is 18.0 Å². The van der Waals surface area contributed by atoms with Crippen LogP contribution in [0.4, 0.5) is 0 Å². The van der Waals surface area contributed by atoms with Gasteiger partial charge in [0.1, 0.15) is 5.72 Å². The van der Waals surface area contributed by atoms with E-state index in [1.165, 1.54) is 0 Å². The Bertz CT molecular complexity index is 529. The Labute approximate surface area is 119 Å². The predicted octanol–water partition coefficient (Wildman–Crippen LogP) is 3.68. The Hall–Kier alpha value is -1.35. The summed E-state index contributed by atoms with van der Waals surface area (Å²) >= 11 is 6.12. The van der Waals surface area contributed by atoms with Gasteiger partial charge in [-0.15, -0.1) is 0 Å². The smallest absolute Gasteiger partial charge is 0.142 e. The van der Waals surface area contributed by atoms with Crippen molar-refractivity contribution in [2.24, 2.45) is 0 Å². The molecule has 2 N–H and O–H groups in total. The molecule has 0 heterocycles. The summed E-state index contributed by atoms with van der Waals surface area (Å²) in [6.45, 7) is 2.48. The fraction of sp³-hybridized carbons (Fsp3) is 0.250. The van der Waals surface area contributed by atoms with Gasteiger partial charge in [-0.1, -0.05) is 67.1 Å². The molecule has 1 atom stereocenters. The Morgan fingerprint density at radius 2 is 1.68 bits per heavy atom. The Kier molecular flexibility index (Phi) is 4.59. The van der Waals surface area contributed by atoms with Crippen LogP contribution in [0.25, 0.3) is 0 Å². The molecule has 0 aliphatic carbocycles. The molecule has 2 aromatic carbocycles. The van der Waals surface area contributed by atoms with Crippen molar-refractivity contribution in [2.45, 2.75) is 25.6 Å². The third kappa shape index (κ3) is 3.35. The first kappa shape index (κ1) is 14.1. The van der Waals surface area contributed by atoms with Gasteiger partial charge >= 0.3 is 0 Å². The normalized spacial score (nSPS) is 14.1. The van der Waals surface area contributed by atoms with Crippen LogP contribution in [0.15, 0.2) is 54.6 Å². The molecule has 1 unspecified atom stereocenters. The van der Waals surface area contributed by atoms with E-state index < -0.39 is 5.72 Å². The van der Waals surface area contributed by atoms with Crippen LogP contribution in [0.5, 0.6) is 0 Å². The van der Waals surface area contributed by atoms with Crippen LogP contribution in [-0.4, -0.2) is 5.11 Å². The van der Waals surface area contributed by atoms with Crippen LogP contribution < -0.4 is 5.32 Å². The zero-order chi connectivity index (χ0) is 13.7. The molecule has 2 nitrogen and oxygen atoms in total. The molecular formula is C16H18ClNO. The maximum Gasteiger partial charge on any atom is 0.142 e. The zero-order valence-corrected chi connectivity index (χ0v) is 11.7. The highest BCUT2D eigenvalue weighted by Gasteiger charge is 2.26. The molecule has 0 saturated heterocycles. The zero-order valence-electron chi connectivity index (χ0n) is 10.9. The van der Waals surface area contributed by atoms with Crippen molar-refractivity contribution in [3.63, 3.8) is 0 Å². The molecule has 0 amide bonds. The average Bonchev–Trinajstić information content (AvgIpc) is 2.47. The molecule has 0 aromatic heterocycles. The lowest BCUT2D eigenvalue weighted by Crippen LogP contribution is -2.41. The van der Waals surface area contributed by atoms with Gasteiger partial charge in [0.25, 0.3) is 0 Å². The second-order valence-corrected chi connectivity index (χ2v) is 4.93. The number of rotatable bonds is 5. The summed E-state index contributed by atoms with van der Waals surface area (Å²) < 4.78 is 0. The number of hydrogen-bond acceptors (Lipinski definition) is 2. The first-order valence-corrected chi connectivity index (χ1v) is 6.80. The molecule has 0 aliphatic heterocycles. The first-order valence-electron chi connectivity index (χ1n) is 6.42. The largest absolute Gasteiger partial charge is 0.372 e. The molecule has 0 bridgehead atoms. The van der Waals surface area contributed by atoms with Gasteiger partial charge in [-0.2, -0.15) is 0 Å². The van der Waals surface area contributed by atoms with Crippen LogP contribution in [-0.2, 0) is 12.3 Å². The summed E-state index contributed by atoms with van der Waals surface area (Å²) in [5.41, 5.74) is 0.817. The number of aliphatic hydroxyl groups is 1. The van der Waals surface area contributed by atoms with Crippen molar-refractivity contribution in [3.8, 4) is 0 Å². The minimum atomic E-state index is -1.03. The summed E-state index contributed by atoms with van der Waals surface area (Å²) in [7, 11) is 0. The number of hydrogen-bond donors (Lipinski definition) is 2. The summed E-state index contributed by atoms with van der Waals surface area (Å²) in [4.78, 5) is 0. The van der Waals surface area contributed by atoms with Crippen molar-refractivity contribution >= 4 is 11.6 Å². The van der Waals surface area contributed by atoms with Gasteiger partial charge in [0.05, 0.1) is 0 Å². The first-order chi connectivity index (χ1) is 9.15. The molecule has 2 aromatic rings. The van der Waals surface area contributed by atoms with Crippen LogP contribution in [0.1, 0.15) is 24.5 Å². The summed E-state index contributed by atoms with van der Waals surface area (Å²) in [5.74, 6) is 0. The van der Waals surface area contributed by atoms with E-state index in [0.717, 1.165) is 11.1 Å². The van der Waals surface area contributed by atoms with Crippen LogP contribution in [0.3, 0.4) is 0 Å². The van der Waals surface area contributed by atoms with Crippen molar-refractivity contribution in [3.05, 3.63) is 70.7 Å². The predicted molar refractivity (Wildman–Crippen MR) is 78.9 cm³/mol. The minimum Gasteiger partial charge on any atom is -0.372 e. The van der Waals surface area contributed by atoms with Gasteiger partial charge in [-0.05, 0) is 23.6 Å². The van der Waals surface area contributed by atoms with Gasteiger partial charge in [-0.25, -0.2) is 0 Å². The second kappa shape index (κ2) is 6.20. The molecule has 0 fully saturated rings. The fourth-order valence-electron chi connectivity index (χ4n) is 2.03. The van der Waals surface area contributed by atoms with Gasteiger partial charge in [-0.3, -0.25) is 5.32 Å². The maximum absolute atomic E-state index is 10.7. The van der Waals surface area contributed by atoms with Gasteiger partial charge in [0, 0.05) is 11.6 Å². The van der Waals surface area contributed by atoms with Gasteiger partial charge in [0.15, 0.2) is 0 Å². The number of benzene rings is 2. The van der Waals surface area contributed by atoms with Gasteiger partial charge in [0.2, 0.25) is 0 Å². The Balaban J connectivity index is 2.14. The summed E-state index contributed by atoms with van der Waals surface area (Å²) in [5, 5.41) is 14.6. The second-order valence-electron chi connectivity index (χ2n) is 4.52.